The molecule has 2 aliphatic rings. The summed E-state index contributed by atoms with van der Waals surface area (Å²) < 4.78 is 16.7. The zero-order chi connectivity index (χ0) is 20.3. The molecule has 2 aliphatic heterocycles. The number of hydrogen-bond acceptors (Lipinski definition) is 6. The average molecular weight is 395 g/mol. The Morgan fingerprint density at radius 3 is 2.38 bits per heavy atom. The van der Waals surface area contributed by atoms with Gasteiger partial charge in [0.05, 0.1) is 27.4 Å². The number of aliphatic hydroxyl groups is 1. The number of phenolic OH excluding ortho intramolecular Hbond substituents is 1. The van der Waals surface area contributed by atoms with Crippen molar-refractivity contribution in [2.24, 2.45) is 0 Å². The number of nitrogens with zero attached hydrogens (tertiary/aromatic N) is 1. The third-order valence-corrected chi connectivity index (χ3v) is 6.51. The van der Waals surface area contributed by atoms with Crippen molar-refractivity contribution < 1.29 is 24.4 Å². The first-order valence-corrected chi connectivity index (χ1v) is 9.91. The molecule has 3 aromatic carbocycles. The fourth-order valence-corrected chi connectivity index (χ4v) is 5.22. The lowest BCUT2D eigenvalue weighted by Crippen LogP contribution is -2.39. The van der Waals surface area contributed by atoms with Crippen molar-refractivity contribution in [2.45, 2.75) is 31.5 Å². The highest BCUT2D eigenvalue weighted by molar-refractivity contribution is 6.15. The minimum atomic E-state index is -0.588. The summed E-state index contributed by atoms with van der Waals surface area (Å²) in [7, 11) is 4.78. The van der Waals surface area contributed by atoms with Crippen molar-refractivity contribution in [3.05, 3.63) is 35.4 Å². The maximum Gasteiger partial charge on any atom is 0.168 e. The van der Waals surface area contributed by atoms with Gasteiger partial charge < -0.3 is 24.4 Å². The zero-order valence-corrected chi connectivity index (χ0v) is 16.9. The van der Waals surface area contributed by atoms with Crippen molar-refractivity contribution in [1.82, 2.24) is 4.90 Å². The summed E-state index contributed by atoms with van der Waals surface area (Å²) in [5.74, 6) is 1.73. The lowest BCUT2D eigenvalue weighted by Gasteiger charge is -2.37. The first-order chi connectivity index (χ1) is 14.1. The Hall–Kier alpha value is -2.70. The quantitative estimate of drug-likeness (QED) is 0.659. The summed E-state index contributed by atoms with van der Waals surface area (Å²) in [6.45, 7) is 1.77. The number of phenols is 1. The Morgan fingerprint density at radius 1 is 0.966 bits per heavy atom. The standard InChI is InChI=1S/C23H25NO5/c1-27-18-9-13-14(10-19(18)28-2)21-12(6-7-17(25)23(21)29-3)20-15(13)11-24-8-4-5-16(24)22(20)26/h6-7,9-10,16,22,25-26H,4-5,8,11H2,1-3H3/t16-,22+/m0/s1. The van der Waals surface area contributed by atoms with Gasteiger partial charge in [-0.25, -0.2) is 0 Å². The molecule has 0 radical (unpaired) electrons. The van der Waals surface area contributed by atoms with Crippen LogP contribution in [-0.4, -0.2) is 49.0 Å². The second kappa shape index (κ2) is 6.68. The Kier molecular flexibility index (Phi) is 4.22. The van der Waals surface area contributed by atoms with Crippen LogP contribution in [0.5, 0.6) is 23.0 Å². The smallest absolute Gasteiger partial charge is 0.168 e. The summed E-state index contributed by atoms with van der Waals surface area (Å²) in [5, 5.41) is 25.4. The summed E-state index contributed by atoms with van der Waals surface area (Å²) in [4.78, 5) is 2.37. The number of methoxy groups -OCH3 is 3. The highest BCUT2D eigenvalue weighted by Crippen LogP contribution is 2.50. The molecule has 0 saturated carbocycles. The van der Waals surface area contributed by atoms with Crippen LogP contribution in [0.25, 0.3) is 21.5 Å². The number of benzene rings is 3. The molecule has 1 saturated heterocycles. The van der Waals surface area contributed by atoms with Gasteiger partial charge in [0.15, 0.2) is 23.0 Å². The van der Waals surface area contributed by atoms with Gasteiger partial charge in [-0.15, -0.1) is 0 Å². The predicted molar refractivity (Wildman–Crippen MR) is 111 cm³/mol. The van der Waals surface area contributed by atoms with E-state index in [1.807, 2.05) is 18.2 Å². The van der Waals surface area contributed by atoms with Gasteiger partial charge in [0.1, 0.15) is 0 Å². The van der Waals surface area contributed by atoms with E-state index >= 15 is 0 Å². The van der Waals surface area contributed by atoms with Crippen LogP contribution < -0.4 is 14.2 Å². The van der Waals surface area contributed by atoms with Gasteiger partial charge in [-0.05, 0) is 64.9 Å². The van der Waals surface area contributed by atoms with E-state index in [4.69, 9.17) is 14.2 Å². The molecule has 0 unspecified atom stereocenters. The average Bonchev–Trinajstić information content (AvgIpc) is 3.21. The van der Waals surface area contributed by atoms with Gasteiger partial charge >= 0.3 is 0 Å². The fourth-order valence-electron chi connectivity index (χ4n) is 5.22. The number of hydrogen-bond donors (Lipinski definition) is 2. The van der Waals surface area contributed by atoms with Gasteiger partial charge in [0, 0.05) is 18.0 Å². The van der Waals surface area contributed by atoms with E-state index < -0.39 is 6.10 Å². The van der Waals surface area contributed by atoms with Crippen LogP contribution in [0.15, 0.2) is 24.3 Å². The van der Waals surface area contributed by atoms with Crippen molar-refractivity contribution in [3.63, 3.8) is 0 Å². The van der Waals surface area contributed by atoms with Crippen molar-refractivity contribution >= 4 is 21.5 Å². The number of rotatable bonds is 3. The van der Waals surface area contributed by atoms with Gasteiger partial charge in [-0.2, -0.15) is 0 Å². The SMILES string of the molecule is COc1cc2c3c(c4ccc(O)c(OC)c4c2cc1OC)[C@H](O)[C@@H]1CCCN1C3. The normalized spacial score (nSPS) is 21.2. The van der Waals surface area contributed by atoms with Crippen molar-refractivity contribution in [2.75, 3.05) is 27.9 Å². The van der Waals surface area contributed by atoms with E-state index in [-0.39, 0.29) is 11.8 Å². The monoisotopic (exact) mass is 395 g/mol. The van der Waals surface area contributed by atoms with Crippen LogP contribution in [-0.2, 0) is 6.54 Å². The van der Waals surface area contributed by atoms with Gasteiger partial charge in [-0.1, -0.05) is 6.07 Å². The van der Waals surface area contributed by atoms with Crippen molar-refractivity contribution in [3.8, 4) is 23.0 Å². The Morgan fingerprint density at radius 2 is 1.69 bits per heavy atom. The first-order valence-electron chi connectivity index (χ1n) is 9.91. The molecule has 0 aliphatic carbocycles. The molecule has 0 aromatic heterocycles. The predicted octanol–water partition coefficient (Wildman–Crippen LogP) is 3.74. The molecule has 5 rings (SSSR count). The summed E-state index contributed by atoms with van der Waals surface area (Å²) >= 11 is 0. The molecule has 6 nitrogen and oxygen atoms in total. The molecule has 2 heterocycles. The van der Waals surface area contributed by atoms with Gasteiger partial charge in [0.25, 0.3) is 0 Å². The molecule has 2 N–H and O–H groups in total. The summed E-state index contributed by atoms with van der Waals surface area (Å²) in [6, 6.07) is 7.56. The zero-order valence-electron chi connectivity index (χ0n) is 16.9. The number of aromatic hydroxyl groups is 1. The van der Waals surface area contributed by atoms with E-state index in [0.717, 1.165) is 58.6 Å². The Labute approximate surface area is 169 Å². The van der Waals surface area contributed by atoms with Crippen LogP contribution >= 0.6 is 0 Å². The highest BCUT2D eigenvalue weighted by Gasteiger charge is 2.39. The molecular formula is C23H25NO5. The van der Waals surface area contributed by atoms with Crippen LogP contribution in [0.2, 0.25) is 0 Å². The molecule has 6 heteroatoms. The minimum absolute atomic E-state index is 0.0730. The maximum atomic E-state index is 11.3. The van der Waals surface area contributed by atoms with E-state index in [9.17, 15) is 10.2 Å². The number of aliphatic hydroxyl groups excluding tert-OH is 1. The molecular weight excluding hydrogens is 370 g/mol. The molecule has 0 amide bonds. The highest BCUT2D eigenvalue weighted by atomic mass is 16.5. The number of fused-ring (bicyclic) bond motifs is 7. The van der Waals surface area contributed by atoms with Gasteiger partial charge in [-0.3, -0.25) is 4.90 Å². The second-order valence-electron chi connectivity index (χ2n) is 7.81. The maximum absolute atomic E-state index is 11.3. The van der Waals surface area contributed by atoms with E-state index in [1.165, 1.54) is 0 Å². The molecule has 1 fully saturated rings. The third kappa shape index (κ3) is 2.49. The molecule has 3 aromatic rings. The fraction of sp³-hybridized carbons (Fsp3) is 0.391. The molecule has 0 spiro atoms. The largest absolute Gasteiger partial charge is 0.504 e. The summed E-state index contributed by atoms with van der Waals surface area (Å²) in [6.07, 6.45) is 1.49. The minimum Gasteiger partial charge on any atom is -0.504 e. The lowest BCUT2D eigenvalue weighted by molar-refractivity contribution is 0.0552. The molecule has 2 atom stereocenters. The summed E-state index contributed by atoms with van der Waals surface area (Å²) in [5.41, 5.74) is 2.04. The second-order valence-corrected chi connectivity index (χ2v) is 7.81. The topological polar surface area (TPSA) is 71.4 Å². The lowest BCUT2D eigenvalue weighted by atomic mass is 9.83. The van der Waals surface area contributed by atoms with Crippen LogP contribution in [0.4, 0.5) is 0 Å². The molecule has 152 valence electrons. The number of ether oxygens (including phenoxy) is 3. The third-order valence-electron chi connectivity index (χ3n) is 6.51. The molecule has 29 heavy (non-hydrogen) atoms. The van der Waals surface area contributed by atoms with E-state index in [2.05, 4.69) is 4.90 Å². The van der Waals surface area contributed by atoms with Gasteiger partial charge in [0.2, 0.25) is 0 Å². The van der Waals surface area contributed by atoms with Crippen LogP contribution in [0.3, 0.4) is 0 Å². The van der Waals surface area contributed by atoms with E-state index in [0.29, 0.717) is 17.2 Å². The van der Waals surface area contributed by atoms with Crippen LogP contribution in [0.1, 0.15) is 30.1 Å². The van der Waals surface area contributed by atoms with Crippen molar-refractivity contribution in [1.29, 1.82) is 0 Å². The Balaban J connectivity index is 1.97. The Bertz CT molecular complexity index is 1130. The first kappa shape index (κ1) is 18.3. The van der Waals surface area contributed by atoms with E-state index in [1.54, 1.807) is 27.4 Å². The van der Waals surface area contributed by atoms with Crippen LogP contribution in [0, 0.1) is 0 Å². The molecule has 0 bridgehead atoms.